The number of aliphatic hydroxyl groups excluding tert-OH is 4. The molecule has 10 atom stereocenters. The van der Waals surface area contributed by atoms with Gasteiger partial charge in [-0.25, -0.2) is 0 Å². The summed E-state index contributed by atoms with van der Waals surface area (Å²) in [5, 5.41) is 42.2. The van der Waals surface area contributed by atoms with Crippen molar-refractivity contribution in [1.82, 2.24) is 0 Å². The smallest absolute Gasteiger partial charge is 0.312 e. The van der Waals surface area contributed by atoms with Crippen LogP contribution in [0.1, 0.15) is 168 Å². The van der Waals surface area contributed by atoms with Crippen molar-refractivity contribution in [2.24, 2.45) is 5.92 Å². The maximum atomic E-state index is 11.8. The van der Waals surface area contributed by atoms with Gasteiger partial charge in [-0.05, 0) is 64.7 Å². The molecule has 4 N–H and O–H groups in total. The van der Waals surface area contributed by atoms with Gasteiger partial charge in [0.1, 0.15) is 12.2 Å². The summed E-state index contributed by atoms with van der Waals surface area (Å²) in [6.45, 7) is 3.99. The summed E-state index contributed by atoms with van der Waals surface area (Å²) >= 11 is 0. The number of ether oxygens (including phenoxy) is 3. The quantitative estimate of drug-likeness (QED) is 0.0627. The number of aliphatic hydroxyl groups is 4. The molecule has 0 saturated carbocycles. The van der Waals surface area contributed by atoms with Crippen LogP contribution in [0.25, 0.3) is 0 Å². The van der Waals surface area contributed by atoms with E-state index in [-0.39, 0.29) is 42.4 Å². The second kappa shape index (κ2) is 22.0. The zero-order valence-corrected chi connectivity index (χ0v) is 28.7. The number of cyclic esters (lactones) is 1. The minimum atomic E-state index is -0.656. The van der Waals surface area contributed by atoms with Crippen LogP contribution in [-0.4, -0.2) is 81.3 Å². The van der Waals surface area contributed by atoms with Crippen molar-refractivity contribution in [2.45, 2.75) is 223 Å². The highest BCUT2D eigenvalue weighted by molar-refractivity contribution is 5.75. The molecular weight excluding hydrogens is 572 g/mol. The standard InChI is InChI=1S/C37H68O8/c1-3-4-5-6-7-11-14-17-20-30(38)34-25-26-35(45-34)32(40)23-22-31(39)33-24-21-28(44-33)18-15-12-9-8-10-13-16-19-29-36(41)27(2)43-37(29)42/h27-36,38-41H,3-26H2,1-2H3/t27-,28-,29+,30-,31+,32+,33+,34+,35+,36-/m0/s1. The van der Waals surface area contributed by atoms with Crippen LogP contribution in [0.5, 0.6) is 0 Å². The normalized spacial score (nSPS) is 30.5. The van der Waals surface area contributed by atoms with E-state index in [4.69, 9.17) is 14.2 Å². The minimum absolute atomic E-state index is 0.147. The molecule has 0 unspecified atom stereocenters. The number of rotatable bonds is 25. The van der Waals surface area contributed by atoms with Crippen LogP contribution >= 0.6 is 0 Å². The summed E-state index contributed by atoms with van der Waals surface area (Å²) < 4.78 is 17.4. The first-order chi connectivity index (χ1) is 21.8. The van der Waals surface area contributed by atoms with E-state index in [1.54, 1.807) is 6.92 Å². The van der Waals surface area contributed by atoms with Crippen molar-refractivity contribution in [1.29, 1.82) is 0 Å². The van der Waals surface area contributed by atoms with Gasteiger partial charge in [-0.15, -0.1) is 0 Å². The summed E-state index contributed by atoms with van der Waals surface area (Å²) in [7, 11) is 0. The van der Waals surface area contributed by atoms with Crippen molar-refractivity contribution in [3.63, 3.8) is 0 Å². The van der Waals surface area contributed by atoms with Gasteiger partial charge in [0.15, 0.2) is 0 Å². The monoisotopic (exact) mass is 640 g/mol. The third-order valence-electron chi connectivity index (χ3n) is 10.7. The molecule has 0 bridgehead atoms. The average Bonchev–Trinajstić information content (AvgIpc) is 3.77. The van der Waals surface area contributed by atoms with Gasteiger partial charge >= 0.3 is 5.97 Å². The maximum Gasteiger partial charge on any atom is 0.312 e. The summed E-state index contributed by atoms with van der Waals surface area (Å²) in [5.74, 6) is -0.591. The van der Waals surface area contributed by atoms with E-state index >= 15 is 0 Å². The Morgan fingerprint density at radius 1 is 0.622 bits per heavy atom. The van der Waals surface area contributed by atoms with E-state index in [0.717, 1.165) is 70.6 Å². The minimum Gasteiger partial charge on any atom is -0.460 e. The number of unbranched alkanes of at least 4 members (excludes halogenated alkanes) is 13. The molecule has 45 heavy (non-hydrogen) atoms. The molecule has 3 rings (SSSR count). The molecule has 8 nitrogen and oxygen atoms in total. The zero-order valence-electron chi connectivity index (χ0n) is 28.7. The molecule has 0 amide bonds. The lowest BCUT2D eigenvalue weighted by Gasteiger charge is -2.24. The third-order valence-corrected chi connectivity index (χ3v) is 10.7. The molecule has 3 aliphatic heterocycles. The van der Waals surface area contributed by atoms with Crippen LogP contribution in [0.2, 0.25) is 0 Å². The van der Waals surface area contributed by atoms with Crippen LogP contribution in [0.4, 0.5) is 0 Å². The molecule has 0 aromatic heterocycles. The summed E-state index contributed by atoms with van der Waals surface area (Å²) in [5.41, 5.74) is 0. The lowest BCUT2D eigenvalue weighted by atomic mass is 9.95. The Hall–Kier alpha value is -0.770. The molecule has 8 heteroatoms. The predicted molar refractivity (Wildman–Crippen MR) is 177 cm³/mol. The van der Waals surface area contributed by atoms with E-state index in [0.29, 0.717) is 19.3 Å². The number of esters is 1. The molecule has 0 spiro atoms. The van der Waals surface area contributed by atoms with Crippen LogP contribution in [0.15, 0.2) is 0 Å². The Bertz CT molecular complexity index is 780. The van der Waals surface area contributed by atoms with Crippen LogP contribution < -0.4 is 0 Å². The van der Waals surface area contributed by atoms with Gasteiger partial charge in [0.05, 0.1) is 48.6 Å². The average molecular weight is 641 g/mol. The Labute approximate surface area is 274 Å². The fourth-order valence-electron chi connectivity index (χ4n) is 7.59. The second-order valence-corrected chi connectivity index (χ2v) is 14.5. The van der Waals surface area contributed by atoms with Crippen LogP contribution in [0.3, 0.4) is 0 Å². The van der Waals surface area contributed by atoms with Gasteiger partial charge < -0.3 is 34.6 Å². The van der Waals surface area contributed by atoms with Gasteiger partial charge in [0, 0.05) is 0 Å². The summed E-state index contributed by atoms with van der Waals surface area (Å²) in [6.07, 6.45) is 21.8. The Balaban J connectivity index is 1.15. The first-order valence-electron chi connectivity index (χ1n) is 19.0. The van der Waals surface area contributed by atoms with Gasteiger partial charge in [-0.1, -0.05) is 103 Å². The van der Waals surface area contributed by atoms with Gasteiger partial charge in [0.2, 0.25) is 0 Å². The second-order valence-electron chi connectivity index (χ2n) is 14.5. The first-order valence-corrected chi connectivity index (χ1v) is 19.0. The molecule has 3 saturated heterocycles. The number of hydrogen-bond acceptors (Lipinski definition) is 8. The van der Waals surface area contributed by atoms with E-state index < -0.39 is 24.4 Å². The highest BCUT2D eigenvalue weighted by atomic mass is 16.6. The molecule has 0 aliphatic carbocycles. The highest BCUT2D eigenvalue weighted by Gasteiger charge is 2.40. The first kappa shape index (κ1) is 38.7. The van der Waals surface area contributed by atoms with E-state index in [9.17, 15) is 25.2 Å². The van der Waals surface area contributed by atoms with E-state index in [2.05, 4.69) is 6.92 Å². The Morgan fingerprint density at radius 2 is 1.09 bits per heavy atom. The van der Waals surface area contributed by atoms with Gasteiger partial charge in [-0.2, -0.15) is 0 Å². The highest BCUT2D eigenvalue weighted by Crippen LogP contribution is 2.31. The summed E-state index contributed by atoms with van der Waals surface area (Å²) in [4.78, 5) is 11.8. The van der Waals surface area contributed by atoms with Gasteiger partial charge in [-0.3, -0.25) is 4.79 Å². The van der Waals surface area contributed by atoms with Gasteiger partial charge in [0.25, 0.3) is 0 Å². The fraction of sp³-hybridized carbons (Fsp3) is 0.973. The number of carbonyl (C=O) groups is 1. The van der Waals surface area contributed by atoms with Crippen molar-refractivity contribution in [2.75, 3.05) is 0 Å². The molecule has 3 heterocycles. The van der Waals surface area contributed by atoms with E-state index in [1.807, 2.05) is 0 Å². The predicted octanol–water partition coefficient (Wildman–Crippen LogP) is 6.91. The lowest BCUT2D eigenvalue weighted by molar-refractivity contribution is -0.143. The number of hydrogen-bond donors (Lipinski definition) is 4. The molecule has 0 aromatic carbocycles. The van der Waals surface area contributed by atoms with Crippen molar-refractivity contribution in [3.05, 3.63) is 0 Å². The lowest BCUT2D eigenvalue weighted by Crippen LogP contribution is -2.33. The SMILES string of the molecule is CCCCCCCCCC[C@H](O)[C@H]1CC[C@H]([C@H](O)CC[C@@H](O)[C@H]2CC[C@H](CCCCCCCCC[C@H]3C(=O)O[C@@H](C)[C@@H]3O)O2)O1. The largest absolute Gasteiger partial charge is 0.460 e. The fourth-order valence-corrected chi connectivity index (χ4v) is 7.59. The van der Waals surface area contributed by atoms with E-state index in [1.165, 1.54) is 64.2 Å². The van der Waals surface area contributed by atoms with Crippen molar-refractivity contribution in [3.8, 4) is 0 Å². The molecule has 3 fully saturated rings. The number of carbonyl (C=O) groups excluding carboxylic acids is 1. The molecular formula is C37H68O8. The third kappa shape index (κ3) is 14.1. The molecule has 3 aliphatic rings. The molecule has 264 valence electrons. The Morgan fingerprint density at radius 3 is 1.64 bits per heavy atom. The summed E-state index contributed by atoms with van der Waals surface area (Å²) in [6, 6.07) is 0. The van der Waals surface area contributed by atoms with Crippen LogP contribution in [0, 0.1) is 5.92 Å². The molecule has 0 radical (unpaired) electrons. The topological polar surface area (TPSA) is 126 Å². The molecule has 0 aromatic rings. The van der Waals surface area contributed by atoms with Crippen LogP contribution in [-0.2, 0) is 19.0 Å². The van der Waals surface area contributed by atoms with Crippen molar-refractivity contribution < 1.29 is 39.4 Å². The van der Waals surface area contributed by atoms with Crippen molar-refractivity contribution >= 4 is 5.97 Å². The maximum absolute atomic E-state index is 11.8. The Kier molecular flexibility index (Phi) is 18.9. The zero-order chi connectivity index (χ0) is 32.4.